The van der Waals surface area contributed by atoms with Gasteiger partial charge in [-0.05, 0) is 41.9 Å². The summed E-state index contributed by atoms with van der Waals surface area (Å²) >= 11 is 0. The highest BCUT2D eigenvalue weighted by atomic mass is 31.1. The summed E-state index contributed by atoms with van der Waals surface area (Å²) in [7, 11) is 5.39. The Morgan fingerprint density at radius 2 is 1.77 bits per heavy atom. The molecule has 2 unspecified atom stereocenters. The summed E-state index contributed by atoms with van der Waals surface area (Å²) in [6.07, 6.45) is 4.52. The van der Waals surface area contributed by atoms with Crippen LogP contribution in [0.15, 0.2) is 65.7 Å². The molecule has 0 spiro atoms. The van der Waals surface area contributed by atoms with Crippen LogP contribution in [0.5, 0.6) is 17.2 Å². The molecule has 35 heavy (non-hydrogen) atoms. The van der Waals surface area contributed by atoms with Crippen molar-refractivity contribution in [3.05, 3.63) is 83.2 Å². The van der Waals surface area contributed by atoms with Crippen LogP contribution >= 0.6 is 8.58 Å². The van der Waals surface area contributed by atoms with Gasteiger partial charge in [-0.2, -0.15) is 0 Å². The van der Waals surface area contributed by atoms with Gasteiger partial charge in [-0.15, -0.1) is 0 Å². The number of halogens is 1. The minimum atomic E-state index is -0.263. The first-order valence-corrected chi connectivity index (χ1v) is 12.9. The molecule has 0 amide bonds. The summed E-state index contributed by atoms with van der Waals surface area (Å²) in [4.78, 5) is 4.17. The molecule has 0 saturated heterocycles. The third-order valence-electron chi connectivity index (χ3n) is 6.16. The van der Waals surface area contributed by atoms with Crippen molar-refractivity contribution in [1.29, 1.82) is 0 Å². The van der Waals surface area contributed by atoms with E-state index in [-0.39, 0.29) is 11.0 Å². The zero-order valence-corrected chi connectivity index (χ0v) is 22.2. The third-order valence-corrected chi connectivity index (χ3v) is 8.24. The lowest BCUT2D eigenvalue weighted by molar-refractivity contribution is 0.275. The predicted octanol–water partition coefficient (Wildman–Crippen LogP) is 6.88. The third kappa shape index (κ3) is 6.41. The zero-order valence-electron chi connectivity index (χ0n) is 21.2. The van der Waals surface area contributed by atoms with Gasteiger partial charge < -0.3 is 14.2 Å². The summed E-state index contributed by atoms with van der Waals surface area (Å²) in [6, 6.07) is 19.0. The van der Waals surface area contributed by atoms with E-state index in [1.54, 1.807) is 33.5 Å². The molecule has 0 N–H and O–H groups in total. The molecule has 3 aromatic rings. The first kappa shape index (κ1) is 26.7. The summed E-state index contributed by atoms with van der Waals surface area (Å²) < 4.78 is 32.0. The zero-order chi connectivity index (χ0) is 25.3. The van der Waals surface area contributed by atoms with Gasteiger partial charge in [-0.25, -0.2) is 4.39 Å². The van der Waals surface area contributed by atoms with Crippen molar-refractivity contribution in [3.63, 3.8) is 0 Å². The fraction of sp³-hybridized carbons (Fsp3) is 0.345. The van der Waals surface area contributed by atoms with Crippen LogP contribution in [-0.2, 0) is 11.8 Å². The quantitative estimate of drug-likeness (QED) is 0.203. The van der Waals surface area contributed by atoms with Gasteiger partial charge in [0.2, 0.25) is 0 Å². The number of aliphatic imine (C=N–C) groups is 1. The molecule has 4 nitrogen and oxygen atoms in total. The van der Waals surface area contributed by atoms with Crippen LogP contribution in [0.1, 0.15) is 49.8 Å². The second-order valence-electron chi connectivity index (χ2n) is 8.41. The highest BCUT2D eigenvalue weighted by molar-refractivity contribution is 7.48. The molecule has 0 aliphatic rings. The molecule has 0 fully saturated rings. The molecule has 3 rings (SSSR count). The summed E-state index contributed by atoms with van der Waals surface area (Å²) in [5.41, 5.74) is 2.94. The lowest BCUT2D eigenvalue weighted by Crippen LogP contribution is -2.25. The minimum Gasteiger partial charge on any atom is -0.497 e. The largest absolute Gasteiger partial charge is 0.497 e. The lowest BCUT2D eigenvalue weighted by atomic mass is 9.89. The van der Waals surface area contributed by atoms with Crippen molar-refractivity contribution in [2.45, 2.75) is 44.9 Å². The lowest BCUT2D eigenvalue weighted by Gasteiger charge is -2.36. The van der Waals surface area contributed by atoms with Crippen LogP contribution in [0, 0.1) is 5.82 Å². The molecule has 186 valence electrons. The summed E-state index contributed by atoms with van der Waals surface area (Å²) in [5, 5.41) is 0.819. The number of benzene rings is 3. The van der Waals surface area contributed by atoms with Crippen molar-refractivity contribution in [3.8, 4) is 17.2 Å². The molecule has 0 aliphatic heterocycles. The molecule has 2 atom stereocenters. The topological polar surface area (TPSA) is 40.0 Å². The second-order valence-corrected chi connectivity index (χ2v) is 10.2. The standard InChI is InChI=1S/C29H35FNO3P/c1-6-15-29(7-2,35-27-14-13-23(30)16-22(27)19-31-3)25-17-24(32-4)18-26(33-5)28(25)34-20-21-11-9-8-10-12-21/h8-14,16-19,35H,6-7,15,20H2,1-5H3/b31-19+. The summed E-state index contributed by atoms with van der Waals surface area (Å²) in [6.45, 7) is 4.82. The van der Waals surface area contributed by atoms with Gasteiger partial charge in [-0.1, -0.05) is 65.2 Å². The first-order chi connectivity index (χ1) is 17.0. The molecule has 6 heteroatoms. The van der Waals surface area contributed by atoms with Crippen LogP contribution in [0.3, 0.4) is 0 Å². The fourth-order valence-electron chi connectivity index (χ4n) is 4.38. The smallest absolute Gasteiger partial charge is 0.166 e. The number of nitrogens with zero attached hydrogens (tertiary/aromatic N) is 1. The molecule has 0 radical (unpaired) electrons. The van der Waals surface area contributed by atoms with E-state index in [2.05, 4.69) is 24.9 Å². The first-order valence-electron chi connectivity index (χ1n) is 11.9. The van der Waals surface area contributed by atoms with Gasteiger partial charge in [0.25, 0.3) is 0 Å². The average Bonchev–Trinajstić information content (AvgIpc) is 2.88. The normalized spacial score (nSPS) is 13.3. The Bertz CT molecular complexity index is 1140. The Morgan fingerprint density at radius 3 is 2.40 bits per heavy atom. The number of ether oxygens (including phenoxy) is 3. The molecule has 0 saturated carbocycles. The Labute approximate surface area is 210 Å². The minimum absolute atomic E-state index is 0.253. The number of methoxy groups -OCH3 is 2. The monoisotopic (exact) mass is 495 g/mol. The average molecular weight is 496 g/mol. The van der Waals surface area contributed by atoms with Gasteiger partial charge in [0, 0.05) is 35.6 Å². The Kier molecular flexibility index (Phi) is 9.68. The van der Waals surface area contributed by atoms with Gasteiger partial charge >= 0.3 is 0 Å². The van der Waals surface area contributed by atoms with E-state index in [0.29, 0.717) is 20.9 Å². The van der Waals surface area contributed by atoms with Gasteiger partial charge in [0.15, 0.2) is 11.5 Å². The number of rotatable bonds is 12. The number of hydrogen-bond donors (Lipinski definition) is 0. The van der Waals surface area contributed by atoms with Crippen molar-refractivity contribution in [2.75, 3.05) is 21.3 Å². The van der Waals surface area contributed by atoms with Crippen molar-refractivity contribution in [2.24, 2.45) is 4.99 Å². The molecule has 3 aromatic carbocycles. The van der Waals surface area contributed by atoms with E-state index < -0.39 is 0 Å². The van der Waals surface area contributed by atoms with Gasteiger partial charge in [0.05, 0.1) is 14.2 Å². The van der Waals surface area contributed by atoms with Crippen molar-refractivity contribution >= 4 is 20.1 Å². The van der Waals surface area contributed by atoms with Crippen LogP contribution in [0.25, 0.3) is 0 Å². The SMILES string of the molecule is CCCC(CC)(Pc1ccc(F)cc1/C=N/C)c1cc(OC)cc(OC)c1OCc1ccccc1. The summed E-state index contributed by atoms with van der Waals surface area (Å²) in [5.74, 6) is 1.83. The van der Waals surface area contributed by atoms with E-state index in [4.69, 9.17) is 14.2 Å². The van der Waals surface area contributed by atoms with E-state index in [9.17, 15) is 4.39 Å². The Balaban J connectivity index is 2.17. The maximum absolute atomic E-state index is 14.1. The highest BCUT2D eigenvalue weighted by Gasteiger charge is 2.35. The second kappa shape index (κ2) is 12.7. The van der Waals surface area contributed by atoms with Gasteiger partial charge in [-0.3, -0.25) is 4.99 Å². The van der Waals surface area contributed by atoms with Crippen LogP contribution < -0.4 is 19.5 Å². The Morgan fingerprint density at radius 1 is 1.00 bits per heavy atom. The maximum atomic E-state index is 14.1. The van der Waals surface area contributed by atoms with E-state index >= 15 is 0 Å². The van der Waals surface area contributed by atoms with E-state index in [1.165, 1.54) is 6.07 Å². The van der Waals surface area contributed by atoms with Crippen molar-refractivity contribution in [1.82, 2.24) is 0 Å². The molecule has 0 bridgehead atoms. The molecular formula is C29H35FNO3P. The van der Waals surface area contributed by atoms with Crippen LogP contribution in [0.2, 0.25) is 0 Å². The Hall–Kier alpha value is -2.91. The predicted molar refractivity (Wildman–Crippen MR) is 145 cm³/mol. The van der Waals surface area contributed by atoms with Crippen LogP contribution in [-0.4, -0.2) is 27.5 Å². The molecule has 0 heterocycles. The number of hydrogen-bond acceptors (Lipinski definition) is 4. The van der Waals surface area contributed by atoms with Crippen LogP contribution in [0.4, 0.5) is 4.39 Å². The maximum Gasteiger partial charge on any atom is 0.166 e. The van der Waals surface area contributed by atoms with E-state index in [1.807, 2.05) is 42.5 Å². The highest BCUT2D eigenvalue weighted by Crippen LogP contribution is 2.54. The fourth-order valence-corrected chi connectivity index (χ4v) is 6.21. The molecule has 0 aromatic heterocycles. The van der Waals surface area contributed by atoms with Crippen molar-refractivity contribution < 1.29 is 18.6 Å². The van der Waals surface area contributed by atoms with E-state index in [0.717, 1.165) is 52.8 Å². The molecular weight excluding hydrogens is 460 g/mol. The van der Waals surface area contributed by atoms with Gasteiger partial charge in [0.1, 0.15) is 18.2 Å². The molecule has 0 aliphatic carbocycles.